The molecule has 7 nitrogen and oxygen atoms in total. The summed E-state index contributed by atoms with van der Waals surface area (Å²) in [6.07, 6.45) is 1.02. The van der Waals surface area contributed by atoms with Crippen molar-refractivity contribution in [2.24, 2.45) is 0 Å². The van der Waals surface area contributed by atoms with Crippen LogP contribution in [-0.2, 0) is 9.53 Å². The van der Waals surface area contributed by atoms with Crippen LogP contribution >= 0.6 is 0 Å². The second kappa shape index (κ2) is 8.27. The summed E-state index contributed by atoms with van der Waals surface area (Å²) in [4.78, 5) is 23.1. The number of nitrogens with one attached hydrogen (secondary N) is 2. The lowest BCUT2D eigenvalue weighted by Crippen LogP contribution is -2.38. The second-order valence-corrected chi connectivity index (χ2v) is 5.44. The van der Waals surface area contributed by atoms with Gasteiger partial charge in [-0.25, -0.2) is 13.9 Å². The van der Waals surface area contributed by atoms with E-state index in [0.717, 1.165) is 16.9 Å². The van der Waals surface area contributed by atoms with Crippen LogP contribution in [0, 0.1) is 12.7 Å². The van der Waals surface area contributed by atoms with Crippen LogP contribution in [0.15, 0.2) is 30.5 Å². The minimum absolute atomic E-state index is 0.172. The predicted octanol–water partition coefficient (Wildman–Crippen LogP) is 2.24. The van der Waals surface area contributed by atoms with E-state index in [9.17, 15) is 14.0 Å². The van der Waals surface area contributed by atoms with Gasteiger partial charge >= 0.3 is 6.09 Å². The van der Waals surface area contributed by atoms with Crippen molar-refractivity contribution < 1.29 is 18.7 Å². The molecule has 2 amide bonds. The van der Waals surface area contributed by atoms with Crippen LogP contribution in [0.5, 0.6) is 0 Å². The average molecular weight is 348 g/mol. The SMILES string of the molecule is CCOC(=O)NCC(=O)NC(C)c1cnn(-c2ccc(F)cc2)c1C. The lowest BCUT2D eigenvalue weighted by atomic mass is 10.1. The van der Waals surface area contributed by atoms with E-state index in [1.165, 1.54) is 12.1 Å². The molecule has 25 heavy (non-hydrogen) atoms. The number of rotatable bonds is 6. The Labute approximate surface area is 145 Å². The molecule has 2 rings (SSSR count). The lowest BCUT2D eigenvalue weighted by Gasteiger charge is -2.14. The van der Waals surface area contributed by atoms with Gasteiger partial charge in [0.2, 0.25) is 5.91 Å². The number of carbonyl (C=O) groups is 2. The van der Waals surface area contributed by atoms with Crippen LogP contribution in [0.1, 0.15) is 31.1 Å². The number of nitrogens with zero attached hydrogens (tertiary/aromatic N) is 2. The zero-order chi connectivity index (χ0) is 18.4. The highest BCUT2D eigenvalue weighted by molar-refractivity contribution is 5.82. The summed E-state index contributed by atoms with van der Waals surface area (Å²) in [7, 11) is 0. The summed E-state index contributed by atoms with van der Waals surface area (Å²) < 4.78 is 19.4. The van der Waals surface area contributed by atoms with Crippen LogP contribution in [0.3, 0.4) is 0 Å². The van der Waals surface area contributed by atoms with E-state index in [2.05, 4.69) is 15.7 Å². The summed E-state index contributed by atoms with van der Waals surface area (Å²) in [6.45, 7) is 5.44. The smallest absolute Gasteiger partial charge is 0.407 e. The maximum Gasteiger partial charge on any atom is 0.407 e. The van der Waals surface area contributed by atoms with Gasteiger partial charge in [0.15, 0.2) is 0 Å². The van der Waals surface area contributed by atoms with Crippen molar-refractivity contribution in [2.75, 3.05) is 13.2 Å². The lowest BCUT2D eigenvalue weighted by molar-refractivity contribution is -0.120. The molecule has 1 aromatic carbocycles. The van der Waals surface area contributed by atoms with Gasteiger partial charge in [-0.15, -0.1) is 0 Å². The van der Waals surface area contributed by atoms with E-state index in [1.54, 1.807) is 29.9 Å². The van der Waals surface area contributed by atoms with Crippen LogP contribution in [0.25, 0.3) is 5.69 Å². The van der Waals surface area contributed by atoms with E-state index < -0.39 is 6.09 Å². The molecule has 134 valence electrons. The molecule has 0 bridgehead atoms. The maximum absolute atomic E-state index is 13.0. The number of alkyl carbamates (subject to hydrolysis) is 1. The first kappa shape index (κ1) is 18.4. The van der Waals surface area contributed by atoms with Gasteiger partial charge in [0, 0.05) is 11.3 Å². The Kier molecular flexibility index (Phi) is 6.10. The highest BCUT2D eigenvalue weighted by Crippen LogP contribution is 2.20. The normalized spacial score (nSPS) is 11.7. The topological polar surface area (TPSA) is 85.2 Å². The molecule has 2 N–H and O–H groups in total. The second-order valence-electron chi connectivity index (χ2n) is 5.44. The molecule has 0 spiro atoms. The van der Waals surface area contributed by atoms with Crippen molar-refractivity contribution in [3.8, 4) is 5.69 Å². The minimum atomic E-state index is -0.634. The molecule has 0 aliphatic carbocycles. The van der Waals surface area contributed by atoms with Crippen molar-refractivity contribution in [3.63, 3.8) is 0 Å². The van der Waals surface area contributed by atoms with Crippen molar-refractivity contribution >= 4 is 12.0 Å². The number of hydrogen-bond acceptors (Lipinski definition) is 4. The quantitative estimate of drug-likeness (QED) is 0.838. The highest BCUT2D eigenvalue weighted by atomic mass is 19.1. The van der Waals surface area contributed by atoms with Gasteiger partial charge in [-0.3, -0.25) is 4.79 Å². The molecule has 1 aromatic heterocycles. The summed E-state index contributed by atoms with van der Waals surface area (Å²) >= 11 is 0. The third-order valence-corrected chi connectivity index (χ3v) is 3.63. The zero-order valence-electron chi connectivity index (χ0n) is 14.4. The molecule has 0 radical (unpaired) electrons. The van der Waals surface area contributed by atoms with Gasteiger partial charge in [-0.2, -0.15) is 5.10 Å². The highest BCUT2D eigenvalue weighted by Gasteiger charge is 2.16. The number of aromatic nitrogens is 2. The average Bonchev–Trinajstić information content (AvgIpc) is 2.96. The van der Waals surface area contributed by atoms with Gasteiger partial charge in [0.1, 0.15) is 12.4 Å². The van der Waals surface area contributed by atoms with Crippen molar-refractivity contribution in [1.82, 2.24) is 20.4 Å². The van der Waals surface area contributed by atoms with E-state index in [1.807, 2.05) is 13.8 Å². The molecule has 0 aliphatic rings. The van der Waals surface area contributed by atoms with Crippen LogP contribution in [0.4, 0.5) is 9.18 Å². The monoisotopic (exact) mass is 348 g/mol. The van der Waals surface area contributed by atoms with Gasteiger partial charge in [-0.05, 0) is 45.0 Å². The predicted molar refractivity (Wildman–Crippen MR) is 89.8 cm³/mol. The van der Waals surface area contributed by atoms with E-state index in [0.29, 0.717) is 0 Å². The first-order valence-electron chi connectivity index (χ1n) is 7.92. The molecule has 8 heteroatoms. The first-order chi connectivity index (χ1) is 11.9. The van der Waals surface area contributed by atoms with Gasteiger partial charge < -0.3 is 15.4 Å². The number of carbonyl (C=O) groups excluding carboxylic acids is 2. The van der Waals surface area contributed by atoms with Crippen LogP contribution in [0.2, 0.25) is 0 Å². The minimum Gasteiger partial charge on any atom is -0.450 e. The summed E-state index contributed by atoms with van der Waals surface area (Å²) in [5.41, 5.74) is 2.39. The maximum atomic E-state index is 13.0. The van der Waals surface area contributed by atoms with Crippen molar-refractivity contribution in [2.45, 2.75) is 26.8 Å². The fourth-order valence-electron chi connectivity index (χ4n) is 2.39. The Hall–Kier alpha value is -2.90. The standard InChI is InChI=1S/C17H21FN4O3/c1-4-25-17(24)19-10-16(23)21-11(2)15-9-20-22(12(15)3)14-7-5-13(18)6-8-14/h5-9,11H,4,10H2,1-3H3,(H,19,24)(H,21,23). The summed E-state index contributed by atoms with van der Waals surface area (Å²) in [5.74, 6) is -0.655. The molecule has 2 aromatic rings. The molecule has 0 aliphatic heterocycles. The van der Waals surface area contributed by atoms with Gasteiger partial charge in [0.05, 0.1) is 24.5 Å². The molecule has 0 saturated carbocycles. The van der Waals surface area contributed by atoms with Crippen LogP contribution in [-0.4, -0.2) is 34.9 Å². The van der Waals surface area contributed by atoms with E-state index >= 15 is 0 Å². The third kappa shape index (κ3) is 4.79. The number of benzene rings is 1. The molecule has 0 fully saturated rings. The Morgan fingerprint density at radius 2 is 2.00 bits per heavy atom. The molecule has 1 atom stereocenters. The van der Waals surface area contributed by atoms with E-state index in [-0.39, 0.29) is 30.9 Å². The molecule has 1 unspecified atom stereocenters. The Morgan fingerprint density at radius 3 is 2.64 bits per heavy atom. The van der Waals surface area contributed by atoms with Crippen molar-refractivity contribution in [3.05, 3.63) is 47.5 Å². The van der Waals surface area contributed by atoms with Gasteiger partial charge in [0.25, 0.3) is 0 Å². The molecular weight excluding hydrogens is 327 g/mol. The number of amides is 2. The molecule has 1 heterocycles. The summed E-state index contributed by atoms with van der Waals surface area (Å²) in [5, 5.41) is 9.44. The molecular formula is C17H21FN4O3. The number of ether oxygens (including phenoxy) is 1. The fourth-order valence-corrected chi connectivity index (χ4v) is 2.39. The number of halogens is 1. The molecule has 0 saturated heterocycles. The van der Waals surface area contributed by atoms with Crippen molar-refractivity contribution in [1.29, 1.82) is 0 Å². The summed E-state index contributed by atoms with van der Waals surface area (Å²) in [6, 6.07) is 5.69. The Bertz CT molecular complexity index is 743. The Balaban J connectivity index is 2.00. The zero-order valence-corrected chi connectivity index (χ0v) is 14.4. The number of hydrogen-bond donors (Lipinski definition) is 2. The first-order valence-corrected chi connectivity index (χ1v) is 7.92. The fraction of sp³-hybridized carbons (Fsp3) is 0.353. The van der Waals surface area contributed by atoms with Gasteiger partial charge in [-0.1, -0.05) is 0 Å². The Morgan fingerprint density at radius 1 is 1.32 bits per heavy atom. The third-order valence-electron chi connectivity index (χ3n) is 3.63. The van der Waals surface area contributed by atoms with Crippen LogP contribution < -0.4 is 10.6 Å². The van der Waals surface area contributed by atoms with E-state index in [4.69, 9.17) is 4.74 Å². The largest absolute Gasteiger partial charge is 0.450 e.